The van der Waals surface area contributed by atoms with E-state index in [1.165, 1.54) is 16.2 Å². The molecule has 192 valence electrons. The van der Waals surface area contributed by atoms with Crippen LogP contribution < -0.4 is 16.4 Å². The first kappa shape index (κ1) is 25.0. The van der Waals surface area contributed by atoms with Crippen LogP contribution in [-0.2, 0) is 21.0 Å². The highest BCUT2D eigenvalue weighted by molar-refractivity contribution is 5.84. The van der Waals surface area contributed by atoms with Gasteiger partial charge in [0.25, 0.3) is 0 Å². The second kappa shape index (κ2) is 9.85. The molecule has 1 fully saturated rings. The van der Waals surface area contributed by atoms with E-state index in [0.29, 0.717) is 11.3 Å². The highest BCUT2D eigenvalue weighted by Crippen LogP contribution is 2.43. The fourth-order valence-electron chi connectivity index (χ4n) is 4.06. The van der Waals surface area contributed by atoms with Gasteiger partial charge in [0.1, 0.15) is 18.2 Å². The molecule has 13 heteroatoms. The number of hydroxylamine groups is 2. The topological polar surface area (TPSA) is 161 Å². The number of nitrogens with two attached hydrogens (primary N) is 1. The fourth-order valence-corrected chi connectivity index (χ4v) is 4.06. The lowest BCUT2D eigenvalue weighted by Gasteiger charge is -2.30. The summed E-state index contributed by atoms with van der Waals surface area (Å²) in [5, 5.41) is 10.7. The third kappa shape index (κ3) is 5.40. The Morgan fingerprint density at radius 3 is 2.56 bits per heavy atom. The van der Waals surface area contributed by atoms with Crippen LogP contribution >= 0.6 is 0 Å². The second-order valence-corrected chi connectivity index (χ2v) is 9.47. The molecule has 0 spiro atoms. The molecule has 2 atom stereocenters. The van der Waals surface area contributed by atoms with Crippen LogP contribution in [0.15, 0.2) is 36.5 Å². The molecule has 2 aliphatic heterocycles. The number of hydrogen-bond acceptors (Lipinski definition) is 7. The maximum atomic E-state index is 13.3. The van der Waals surface area contributed by atoms with E-state index in [0.717, 1.165) is 10.2 Å². The molecule has 1 aromatic heterocycles. The van der Waals surface area contributed by atoms with Crippen molar-refractivity contribution in [1.82, 2.24) is 30.4 Å². The minimum absolute atomic E-state index is 0.00676. The van der Waals surface area contributed by atoms with Gasteiger partial charge in [-0.25, -0.2) is 14.4 Å². The first-order chi connectivity index (χ1) is 17.0. The highest BCUT2D eigenvalue weighted by Gasteiger charge is 2.50. The minimum Gasteiger partial charge on any atom is -0.444 e. The molecule has 2 aromatic rings. The molecule has 13 nitrogen and oxygen atoms in total. The van der Waals surface area contributed by atoms with Crippen molar-refractivity contribution in [3.05, 3.63) is 53.3 Å². The summed E-state index contributed by atoms with van der Waals surface area (Å²) in [5.41, 5.74) is 6.32. The third-order valence-electron chi connectivity index (χ3n) is 5.58. The molecule has 4 rings (SSSR count). The van der Waals surface area contributed by atoms with Gasteiger partial charge in [-0.2, -0.15) is 14.8 Å². The smallest absolute Gasteiger partial charge is 0.407 e. The number of carbonyl (C=O) groups is 4. The number of aromatic nitrogens is 2. The minimum atomic E-state index is -0.698. The normalized spacial score (nSPS) is 18.6. The van der Waals surface area contributed by atoms with Crippen molar-refractivity contribution in [3.63, 3.8) is 0 Å². The van der Waals surface area contributed by atoms with Crippen LogP contribution in [0.3, 0.4) is 0 Å². The van der Waals surface area contributed by atoms with Crippen molar-refractivity contribution in [2.75, 3.05) is 19.6 Å². The molecule has 2 aliphatic rings. The summed E-state index contributed by atoms with van der Waals surface area (Å²) in [6, 6.07) is 7.16. The van der Waals surface area contributed by atoms with Crippen LogP contribution in [0.4, 0.5) is 14.4 Å². The van der Waals surface area contributed by atoms with Gasteiger partial charge in [0.15, 0.2) is 0 Å². The van der Waals surface area contributed by atoms with Gasteiger partial charge in [0, 0.05) is 18.3 Å². The summed E-state index contributed by atoms with van der Waals surface area (Å²) in [5.74, 6) is -0.698. The zero-order chi connectivity index (χ0) is 26.0. The molecule has 1 saturated heterocycles. The van der Waals surface area contributed by atoms with Gasteiger partial charge in [0.2, 0.25) is 5.91 Å². The van der Waals surface area contributed by atoms with Crippen LogP contribution in [0.25, 0.3) is 0 Å². The summed E-state index contributed by atoms with van der Waals surface area (Å²) in [7, 11) is 0. The Kier molecular flexibility index (Phi) is 6.84. The van der Waals surface area contributed by atoms with Crippen LogP contribution in [0.1, 0.15) is 49.7 Å². The maximum Gasteiger partial charge on any atom is 0.407 e. The molecule has 0 unspecified atom stereocenters. The Morgan fingerprint density at radius 1 is 1.17 bits per heavy atom. The molecule has 4 N–H and O–H groups in total. The van der Waals surface area contributed by atoms with E-state index in [1.807, 2.05) is 30.3 Å². The largest absolute Gasteiger partial charge is 0.444 e. The van der Waals surface area contributed by atoms with Crippen molar-refractivity contribution in [2.45, 2.75) is 45.1 Å². The van der Waals surface area contributed by atoms with E-state index >= 15 is 0 Å². The number of alkyl carbamates (subject to hydrolysis) is 1. The fraction of sp³-hybridized carbons (Fsp3) is 0.435. The number of rotatable bonds is 7. The van der Waals surface area contributed by atoms with Crippen LogP contribution in [-0.4, -0.2) is 69.0 Å². The predicted molar refractivity (Wildman–Crippen MR) is 125 cm³/mol. The second-order valence-electron chi connectivity index (χ2n) is 9.47. The monoisotopic (exact) mass is 499 g/mol. The molecular weight excluding hydrogens is 470 g/mol. The highest BCUT2D eigenvalue weighted by atomic mass is 16.7. The Bertz CT molecular complexity index is 1160. The molecular formula is C23H29N7O6. The molecule has 0 saturated carbocycles. The standard InChI is InChI=1S/C23H29N7O6/c1-23(2,3)36-21(33)26-9-16-19-15(11-29(27-19)20(32)25-10-18(24)31)17-12-28(16)22(34)30(17)35-13-14-7-5-4-6-8-14/h4-8,11,16-17H,9-10,12-13H2,1-3H3,(H2,24,31)(H,25,32)(H,26,33)/t16-,17-/m1/s1. The number of nitrogens with one attached hydrogen (secondary N) is 2. The number of carbonyl (C=O) groups excluding carboxylic acids is 4. The average Bonchev–Trinajstić information content (AvgIpc) is 3.37. The quantitative estimate of drug-likeness (QED) is 0.519. The molecule has 36 heavy (non-hydrogen) atoms. The first-order valence-corrected chi connectivity index (χ1v) is 11.4. The van der Waals surface area contributed by atoms with Gasteiger partial charge in [-0.15, -0.1) is 0 Å². The molecule has 0 aliphatic carbocycles. The zero-order valence-electron chi connectivity index (χ0n) is 20.3. The SMILES string of the molecule is CC(C)(C)OC(=O)NC[C@@H]1c2nn(C(=O)NCC(N)=O)cc2[C@H]2CN1C(=O)N2OCc1ccccc1. The van der Waals surface area contributed by atoms with Crippen LogP contribution in [0.2, 0.25) is 0 Å². The maximum absolute atomic E-state index is 13.3. The van der Waals surface area contributed by atoms with Gasteiger partial charge < -0.3 is 26.0 Å². The number of fused-ring (bicyclic) bond motifs is 4. The van der Waals surface area contributed by atoms with Gasteiger partial charge in [0.05, 0.1) is 24.8 Å². The van der Waals surface area contributed by atoms with E-state index in [-0.39, 0.29) is 32.3 Å². The van der Waals surface area contributed by atoms with Crippen LogP contribution in [0, 0.1) is 0 Å². The predicted octanol–water partition coefficient (Wildman–Crippen LogP) is 1.42. The number of amides is 5. The lowest BCUT2D eigenvalue weighted by Crippen LogP contribution is -2.42. The van der Waals surface area contributed by atoms with E-state index in [1.54, 1.807) is 20.8 Å². The van der Waals surface area contributed by atoms with E-state index < -0.39 is 35.7 Å². The Morgan fingerprint density at radius 2 is 1.89 bits per heavy atom. The molecule has 2 bridgehead atoms. The molecule has 5 amide bonds. The number of benzene rings is 1. The van der Waals surface area contributed by atoms with Crippen molar-refractivity contribution in [1.29, 1.82) is 0 Å². The summed E-state index contributed by atoms with van der Waals surface area (Å²) in [4.78, 5) is 56.6. The van der Waals surface area contributed by atoms with E-state index in [4.69, 9.17) is 15.3 Å². The molecule has 3 heterocycles. The number of primary amides is 1. The van der Waals surface area contributed by atoms with Crippen molar-refractivity contribution in [2.24, 2.45) is 5.73 Å². The first-order valence-electron chi connectivity index (χ1n) is 11.4. The lowest BCUT2D eigenvalue weighted by atomic mass is 9.98. The zero-order valence-corrected chi connectivity index (χ0v) is 20.3. The van der Waals surface area contributed by atoms with Gasteiger partial charge in [-0.1, -0.05) is 30.3 Å². The van der Waals surface area contributed by atoms with Crippen LogP contribution in [0.5, 0.6) is 0 Å². The van der Waals surface area contributed by atoms with Crippen molar-refractivity contribution < 1.29 is 28.8 Å². The number of hydrogen-bond donors (Lipinski definition) is 3. The molecule has 0 radical (unpaired) electrons. The van der Waals surface area contributed by atoms with E-state index in [9.17, 15) is 19.2 Å². The third-order valence-corrected chi connectivity index (χ3v) is 5.58. The van der Waals surface area contributed by atoms with E-state index in [2.05, 4.69) is 15.7 Å². The van der Waals surface area contributed by atoms with Crippen molar-refractivity contribution in [3.8, 4) is 0 Å². The number of nitrogens with zero attached hydrogens (tertiary/aromatic N) is 4. The summed E-state index contributed by atoms with van der Waals surface area (Å²) in [6.07, 6.45) is 0.847. The Balaban J connectivity index is 1.58. The van der Waals surface area contributed by atoms with Crippen molar-refractivity contribution >= 4 is 24.1 Å². The average molecular weight is 500 g/mol. The summed E-state index contributed by atoms with van der Waals surface area (Å²) < 4.78 is 6.36. The Hall–Kier alpha value is -4.13. The van der Waals surface area contributed by atoms with Gasteiger partial charge in [-0.3, -0.25) is 9.63 Å². The van der Waals surface area contributed by atoms with Gasteiger partial charge >= 0.3 is 18.2 Å². The summed E-state index contributed by atoms with van der Waals surface area (Å²) >= 11 is 0. The number of urea groups is 1. The summed E-state index contributed by atoms with van der Waals surface area (Å²) in [6.45, 7) is 5.33. The molecule has 1 aromatic carbocycles. The number of ether oxygens (including phenoxy) is 1. The lowest BCUT2D eigenvalue weighted by molar-refractivity contribution is -0.141. The van der Waals surface area contributed by atoms with Gasteiger partial charge in [-0.05, 0) is 26.3 Å². The Labute approximate surface area is 207 Å².